The third-order valence-corrected chi connectivity index (χ3v) is 4.99. The Morgan fingerprint density at radius 2 is 1.96 bits per heavy atom. The van der Waals surface area contributed by atoms with Gasteiger partial charge in [-0.1, -0.05) is 28.1 Å². The number of benzene rings is 1. The zero-order valence-electron chi connectivity index (χ0n) is 15.7. The van der Waals surface area contributed by atoms with Crippen LogP contribution in [0.15, 0.2) is 33.7 Å². The molecule has 5 nitrogen and oxygen atoms in total. The van der Waals surface area contributed by atoms with Crippen molar-refractivity contribution in [1.29, 1.82) is 0 Å². The van der Waals surface area contributed by atoms with Crippen molar-refractivity contribution in [2.45, 2.75) is 19.5 Å². The van der Waals surface area contributed by atoms with Crippen LogP contribution in [0.4, 0.5) is 0 Å². The molecule has 1 aliphatic rings. The maximum absolute atomic E-state index is 4.89. The van der Waals surface area contributed by atoms with Gasteiger partial charge in [-0.2, -0.15) is 0 Å². The van der Waals surface area contributed by atoms with Crippen molar-refractivity contribution in [1.82, 2.24) is 20.0 Å². The van der Waals surface area contributed by atoms with Crippen molar-refractivity contribution in [3.05, 3.63) is 34.3 Å². The van der Waals surface area contributed by atoms with Gasteiger partial charge in [-0.15, -0.1) is 24.0 Å². The maximum Gasteiger partial charge on any atom is 0.194 e. The number of likely N-dealkylation sites (N-methyl/N-ethyl adjacent to an activating group) is 2. The van der Waals surface area contributed by atoms with Gasteiger partial charge in [0, 0.05) is 50.3 Å². The Morgan fingerprint density at radius 3 is 2.60 bits per heavy atom. The molecule has 1 aromatic rings. The highest BCUT2D eigenvalue weighted by Crippen LogP contribution is 2.12. The fourth-order valence-electron chi connectivity index (χ4n) is 2.90. The lowest BCUT2D eigenvalue weighted by molar-refractivity contribution is 0.119. The zero-order valence-corrected chi connectivity index (χ0v) is 19.6. The van der Waals surface area contributed by atoms with E-state index in [2.05, 4.69) is 88.3 Å². The molecule has 0 amide bonds. The van der Waals surface area contributed by atoms with Crippen LogP contribution in [-0.4, -0.2) is 80.6 Å². The zero-order chi connectivity index (χ0) is 17.5. The molecule has 0 radical (unpaired) electrons. The van der Waals surface area contributed by atoms with Gasteiger partial charge in [-0.25, -0.2) is 0 Å². The summed E-state index contributed by atoms with van der Waals surface area (Å²) in [6.07, 6.45) is 0. The van der Waals surface area contributed by atoms with Crippen LogP contribution in [0.3, 0.4) is 0 Å². The molecule has 0 aliphatic carbocycles. The number of guanidine groups is 1. The van der Waals surface area contributed by atoms with Crippen molar-refractivity contribution >= 4 is 45.9 Å². The average molecular weight is 524 g/mol. The minimum atomic E-state index is 0. The van der Waals surface area contributed by atoms with E-state index in [1.807, 2.05) is 0 Å². The van der Waals surface area contributed by atoms with E-state index in [1.54, 1.807) is 0 Å². The molecule has 25 heavy (non-hydrogen) atoms. The third-order valence-electron chi connectivity index (χ3n) is 4.46. The lowest BCUT2D eigenvalue weighted by atomic mass is 10.2. The van der Waals surface area contributed by atoms with Gasteiger partial charge in [-0.3, -0.25) is 9.89 Å². The van der Waals surface area contributed by atoms with Crippen molar-refractivity contribution in [2.24, 2.45) is 4.99 Å². The molecular weight excluding hydrogens is 493 g/mol. The summed E-state index contributed by atoms with van der Waals surface area (Å²) in [5, 5.41) is 3.41. The number of nitrogens with zero attached hydrogens (tertiary/aromatic N) is 4. The predicted octanol–water partition coefficient (Wildman–Crippen LogP) is 2.71. The monoisotopic (exact) mass is 523 g/mol. The Kier molecular flexibility index (Phi) is 10.3. The van der Waals surface area contributed by atoms with E-state index in [1.165, 1.54) is 5.56 Å². The summed E-state index contributed by atoms with van der Waals surface area (Å²) in [6.45, 7) is 8.00. The van der Waals surface area contributed by atoms with Crippen molar-refractivity contribution in [3.8, 4) is 0 Å². The highest BCUT2D eigenvalue weighted by Gasteiger charge is 2.22. The molecule has 2 rings (SSSR count). The maximum atomic E-state index is 4.89. The Balaban J connectivity index is 0.00000312. The second kappa shape index (κ2) is 11.4. The molecule has 1 aromatic carbocycles. The first-order valence-corrected chi connectivity index (χ1v) is 9.41. The standard InChI is InChI=1S/C18H30BrN5.HI/c1-5-20-18(21-12-17-14-22(2)10-11-23(17)3)24(4)13-15-6-8-16(19)9-7-15;/h6-9,17H,5,10-14H2,1-4H3,(H,20,21);1H. The number of hydrogen-bond donors (Lipinski definition) is 1. The largest absolute Gasteiger partial charge is 0.357 e. The SMILES string of the molecule is CCNC(=NCC1CN(C)CCN1C)N(C)Cc1ccc(Br)cc1.I. The normalized spacial score (nSPS) is 19.4. The second-order valence-corrected chi connectivity index (χ2v) is 7.49. The molecule has 1 aliphatic heterocycles. The van der Waals surface area contributed by atoms with Gasteiger partial charge in [0.1, 0.15) is 0 Å². The minimum absolute atomic E-state index is 0. The van der Waals surface area contributed by atoms with E-state index in [-0.39, 0.29) is 24.0 Å². The highest BCUT2D eigenvalue weighted by molar-refractivity contribution is 14.0. The van der Waals surface area contributed by atoms with Crippen LogP contribution in [0.5, 0.6) is 0 Å². The molecule has 0 saturated carbocycles. The molecule has 1 heterocycles. The topological polar surface area (TPSA) is 34.1 Å². The summed E-state index contributed by atoms with van der Waals surface area (Å²) in [7, 11) is 6.49. The summed E-state index contributed by atoms with van der Waals surface area (Å²) >= 11 is 3.49. The lowest BCUT2D eigenvalue weighted by Gasteiger charge is -2.37. The van der Waals surface area contributed by atoms with Gasteiger partial charge >= 0.3 is 0 Å². The number of hydrogen-bond acceptors (Lipinski definition) is 3. The third kappa shape index (κ3) is 7.40. The van der Waals surface area contributed by atoms with Gasteiger partial charge in [0.2, 0.25) is 0 Å². The van der Waals surface area contributed by atoms with E-state index in [9.17, 15) is 0 Å². The number of rotatable bonds is 5. The van der Waals surface area contributed by atoms with Crippen LogP contribution in [0.2, 0.25) is 0 Å². The molecule has 0 spiro atoms. The molecule has 7 heteroatoms. The molecule has 1 atom stereocenters. The summed E-state index contributed by atoms with van der Waals surface area (Å²) in [4.78, 5) is 11.9. The summed E-state index contributed by atoms with van der Waals surface area (Å²) in [5.41, 5.74) is 1.28. The minimum Gasteiger partial charge on any atom is -0.357 e. The first-order valence-electron chi connectivity index (χ1n) is 8.62. The van der Waals surface area contributed by atoms with Crippen molar-refractivity contribution < 1.29 is 0 Å². The first kappa shape index (κ1) is 22.7. The second-order valence-electron chi connectivity index (χ2n) is 6.57. The fourth-order valence-corrected chi connectivity index (χ4v) is 3.16. The molecule has 1 fully saturated rings. The van der Waals surface area contributed by atoms with Crippen LogP contribution in [0, 0.1) is 0 Å². The van der Waals surface area contributed by atoms with Crippen LogP contribution in [-0.2, 0) is 6.54 Å². The Labute approximate surface area is 178 Å². The summed E-state index contributed by atoms with van der Waals surface area (Å²) in [6, 6.07) is 8.95. The summed E-state index contributed by atoms with van der Waals surface area (Å²) in [5.74, 6) is 0.974. The Morgan fingerprint density at radius 1 is 1.28 bits per heavy atom. The number of nitrogens with one attached hydrogen (secondary N) is 1. The van der Waals surface area contributed by atoms with E-state index in [0.29, 0.717) is 6.04 Å². The predicted molar refractivity (Wildman–Crippen MR) is 121 cm³/mol. The van der Waals surface area contributed by atoms with Crippen molar-refractivity contribution in [2.75, 3.05) is 53.9 Å². The molecule has 0 bridgehead atoms. The van der Waals surface area contributed by atoms with Gasteiger partial charge in [-0.05, 0) is 38.7 Å². The van der Waals surface area contributed by atoms with Crippen LogP contribution < -0.4 is 5.32 Å². The van der Waals surface area contributed by atoms with Crippen LogP contribution in [0.1, 0.15) is 12.5 Å². The number of halogens is 2. The van der Waals surface area contributed by atoms with Crippen LogP contribution >= 0.6 is 39.9 Å². The summed E-state index contributed by atoms with van der Waals surface area (Å²) < 4.78 is 1.11. The molecule has 1 unspecified atom stereocenters. The van der Waals surface area contributed by atoms with Gasteiger partial charge in [0.15, 0.2) is 5.96 Å². The Bertz CT molecular complexity index is 537. The first-order chi connectivity index (χ1) is 11.5. The van der Waals surface area contributed by atoms with Gasteiger partial charge < -0.3 is 15.1 Å². The highest BCUT2D eigenvalue weighted by atomic mass is 127. The van der Waals surface area contributed by atoms with Crippen LogP contribution in [0.25, 0.3) is 0 Å². The van der Waals surface area contributed by atoms with E-state index in [0.717, 1.165) is 49.7 Å². The van der Waals surface area contributed by atoms with Gasteiger partial charge in [0.25, 0.3) is 0 Å². The molecule has 142 valence electrons. The molecule has 1 N–H and O–H groups in total. The smallest absolute Gasteiger partial charge is 0.194 e. The molecule has 1 saturated heterocycles. The molecular formula is C18H31BrIN5. The lowest BCUT2D eigenvalue weighted by Crippen LogP contribution is -2.51. The van der Waals surface area contributed by atoms with E-state index < -0.39 is 0 Å². The van der Waals surface area contributed by atoms with E-state index in [4.69, 9.17) is 4.99 Å². The molecule has 0 aromatic heterocycles. The number of piperazine rings is 1. The average Bonchev–Trinajstić information content (AvgIpc) is 2.56. The fraction of sp³-hybridized carbons (Fsp3) is 0.611. The number of aliphatic imine (C=N–C) groups is 1. The van der Waals surface area contributed by atoms with E-state index >= 15 is 0 Å². The quantitative estimate of drug-likeness (QED) is 0.365. The van der Waals surface area contributed by atoms with Crippen molar-refractivity contribution in [3.63, 3.8) is 0 Å². The van der Waals surface area contributed by atoms with Gasteiger partial charge in [0.05, 0.1) is 6.54 Å². The Hall–Kier alpha value is -0.380.